The Bertz CT molecular complexity index is 492. The summed E-state index contributed by atoms with van der Waals surface area (Å²) in [6.07, 6.45) is 0. The molecule has 2 aromatic rings. The Morgan fingerprint density at radius 1 is 1.06 bits per heavy atom. The lowest BCUT2D eigenvalue weighted by molar-refractivity contribution is 0.416. The summed E-state index contributed by atoms with van der Waals surface area (Å²) in [6, 6.07) is 12.4. The second-order valence-electron chi connectivity index (χ2n) is 3.51. The molecule has 0 heterocycles. The Kier molecular flexibility index (Phi) is 2.68. The molecular weight excluding hydrogens is 202 g/mol. The van der Waals surface area contributed by atoms with Crippen molar-refractivity contribution in [3.8, 4) is 22.6 Å². The predicted octanol–water partition coefficient (Wildman–Crippen LogP) is 2.65. The monoisotopic (exact) mass is 215 g/mol. The van der Waals surface area contributed by atoms with Gasteiger partial charge in [-0.1, -0.05) is 12.1 Å². The van der Waals surface area contributed by atoms with Gasteiger partial charge >= 0.3 is 0 Å². The molecule has 3 N–H and O–H groups in total. The van der Waals surface area contributed by atoms with E-state index in [1.54, 1.807) is 25.3 Å². The van der Waals surface area contributed by atoms with Gasteiger partial charge in [-0.25, -0.2) is 0 Å². The minimum absolute atomic E-state index is 0.242. The molecule has 0 saturated carbocycles. The number of nitrogen functional groups attached to an aromatic ring is 1. The molecule has 0 unspecified atom stereocenters. The van der Waals surface area contributed by atoms with Crippen molar-refractivity contribution in [3.63, 3.8) is 0 Å². The van der Waals surface area contributed by atoms with E-state index in [1.807, 2.05) is 24.3 Å². The van der Waals surface area contributed by atoms with Gasteiger partial charge in [0, 0.05) is 11.3 Å². The summed E-state index contributed by atoms with van der Waals surface area (Å²) in [6.45, 7) is 0. The fraction of sp³-hybridized carbons (Fsp3) is 0.0769. The van der Waals surface area contributed by atoms with Crippen molar-refractivity contribution < 1.29 is 9.84 Å². The number of rotatable bonds is 2. The van der Waals surface area contributed by atoms with Crippen LogP contribution in [0.15, 0.2) is 42.5 Å². The van der Waals surface area contributed by atoms with Crippen LogP contribution in [0.25, 0.3) is 11.1 Å². The van der Waals surface area contributed by atoms with E-state index in [0.717, 1.165) is 16.9 Å². The van der Waals surface area contributed by atoms with E-state index < -0.39 is 0 Å². The highest BCUT2D eigenvalue weighted by Gasteiger charge is 2.05. The Balaban J connectivity index is 2.53. The average Bonchev–Trinajstić information content (AvgIpc) is 2.30. The van der Waals surface area contributed by atoms with Gasteiger partial charge in [0.25, 0.3) is 0 Å². The number of phenolic OH excluding ortho intramolecular Hbond substituents is 1. The second kappa shape index (κ2) is 4.14. The Morgan fingerprint density at radius 3 is 2.38 bits per heavy atom. The first-order chi connectivity index (χ1) is 7.70. The van der Waals surface area contributed by atoms with Crippen molar-refractivity contribution in [3.05, 3.63) is 42.5 Å². The molecule has 0 aromatic heterocycles. The van der Waals surface area contributed by atoms with Gasteiger partial charge in [0.05, 0.1) is 7.11 Å². The Morgan fingerprint density at radius 2 is 1.75 bits per heavy atom. The largest absolute Gasteiger partial charge is 0.508 e. The Hall–Kier alpha value is -2.16. The third-order valence-corrected chi connectivity index (χ3v) is 2.40. The number of aromatic hydroxyl groups is 1. The fourth-order valence-corrected chi connectivity index (χ4v) is 1.59. The predicted molar refractivity (Wildman–Crippen MR) is 64.5 cm³/mol. The van der Waals surface area contributed by atoms with Crippen molar-refractivity contribution in [2.45, 2.75) is 0 Å². The normalized spacial score (nSPS) is 10.1. The number of hydrogen-bond donors (Lipinski definition) is 2. The number of phenols is 1. The second-order valence-corrected chi connectivity index (χ2v) is 3.51. The van der Waals surface area contributed by atoms with Crippen molar-refractivity contribution in [1.29, 1.82) is 0 Å². The highest BCUT2D eigenvalue weighted by atomic mass is 16.5. The molecule has 0 aliphatic rings. The maximum Gasteiger partial charge on any atom is 0.126 e. The minimum Gasteiger partial charge on any atom is -0.508 e. The SMILES string of the molecule is COc1ccc(N)cc1-c1ccc(O)cc1. The molecule has 0 radical (unpaired) electrons. The number of benzene rings is 2. The molecule has 3 nitrogen and oxygen atoms in total. The number of ether oxygens (including phenoxy) is 1. The van der Waals surface area contributed by atoms with Crippen molar-refractivity contribution in [2.75, 3.05) is 12.8 Å². The molecule has 16 heavy (non-hydrogen) atoms. The van der Waals surface area contributed by atoms with Gasteiger partial charge < -0.3 is 15.6 Å². The summed E-state index contributed by atoms with van der Waals surface area (Å²) in [7, 11) is 1.62. The molecule has 0 aliphatic carbocycles. The van der Waals surface area contributed by atoms with E-state index in [9.17, 15) is 5.11 Å². The molecule has 0 saturated heterocycles. The molecule has 2 rings (SSSR count). The summed E-state index contributed by atoms with van der Waals surface area (Å²) >= 11 is 0. The fourth-order valence-electron chi connectivity index (χ4n) is 1.59. The summed E-state index contributed by atoms with van der Waals surface area (Å²) in [5.41, 5.74) is 8.31. The van der Waals surface area contributed by atoms with E-state index >= 15 is 0 Å². The number of hydrogen-bond acceptors (Lipinski definition) is 3. The Labute approximate surface area is 94.1 Å². The van der Waals surface area contributed by atoms with Gasteiger partial charge in [-0.05, 0) is 35.9 Å². The smallest absolute Gasteiger partial charge is 0.126 e. The van der Waals surface area contributed by atoms with E-state index in [-0.39, 0.29) is 5.75 Å². The lowest BCUT2D eigenvalue weighted by Crippen LogP contribution is -1.91. The van der Waals surface area contributed by atoms with Crippen molar-refractivity contribution in [2.24, 2.45) is 0 Å². The van der Waals surface area contributed by atoms with Gasteiger partial charge in [0.15, 0.2) is 0 Å². The van der Waals surface area contributed by atoms with E-state index in [4.69, 9.17) is 10.5 Å². The van der Waals surface area contributed by atoms with Crippen LogP contribution in [0.5, 0.6) is 11.5 Å². The summed E-state index contributed by atoms with van der Waals surface area (Å²) in [4.78, 5) is 0. The van der Waals surface area contributed by atoms with Crippen LogP contribution in [-0.2, 0) is 0 Å². The molecule has 0 bridgehead atoms. The van der Waals surface area contributed by atoms with E-state index in [2.05, 4.69) is 0 Å². The van der Waals surface area contributed by atoms with Crippen LogP contribution in [0.2, 0.25) is 0 Å². The quantitative estimate of drug-likeness (QED) is 0.757. The first-order valence-corrected chi connectivity index (χ1v) is 4.93. The number of methoxy groups -OCH3 is 1. The van der Waals surface area contributed by atoms with Crippen LogP contribution >= 0.6 is 0 Å². The maximum atomic E-state index is 9.23. The highest BCUT2D eigenvalue weighted by molar-refractivity contribution is 5.74. The van der Waals surface area contributed by atoms with Gasteiger partial charge in [-0.15, -0.1) is 0 Å². The zero-order valence-corrected chi connectivity index (χ0v) is 8.97. The van der Waals surface area contributed by atoms with Crippen LogP contribution < -0.4 is 10.5 Å². The van der Waals surface area contributed by atoms with Crippen molar-refractivity contribution in [1.82, 2.24) is 0 Å². The average molecular weight is 215 g/mol. The third kappa shape index (κ3) is 1.93. The zero-order valence-electron chi connectivity index (χ0n) is 8.97. The van der Waals surface area contributed by atoms with Gasteiger partial charge in [0.1, 0.15) is 11.5 Å². The van der Waals surface area contributed by atoms with Crippen LogP contribution in [0.1, 0.15) is 0 Å². The summed E-state index contributed by atoms with van der Waals surface area (Å²) < 4.78 is 5.27. The first-order valence-electron chi connectivity index (χ1n) is 4.93. The van der Waals surface area contributed by atoms with Crippen LogP contribution in [-0.4, -0.2) is 12.2 Å². The standard InChI is InChI=1S/C13H13NO2/c1-16-13-7-4-10(14)8-12(13)9-2-5-11(15)6-3-9/h2-8,15H,14H2,1H3. The van der Waals surface area contributed by atoms with Gasteiger partial charge in [-0.3, -0.25) is 0 Å². The molecule has 0 aliphatic heterocycles. The third-order valence-electron chi connectivity index (χ3n) is 2.40. The summed E-state index contributed by atoms with van der Waals surface area (Å²) in [5.74, 6) is 1.01. The lowest BCUT2D eigenvalue weighted by atomic mass is 10.0. The molecule has 0 fully saturated rings. The van der Waals surface area contributed by atoms with Gasteiger partial charge in [0.2, 0.25) is 0 Å². The van der Waals surface area contributed by atoms with Crippen molar-refractivity contribution >= 4 is 5.69 Å². The number of anilines is 1. The van der Waals surface area contributed by atoms with Gasteiger partial charge in [-0.2, -0.15) is 0 Å². The maximum absolute atomic E-state index is 9.23. The summed E-state index contributed by atoms with van der Waals surface area (Å²) in [5, 5.41) is 9.23. The lowest BCUT2D eigenvalue weighted by Gasteiger charge is -2.09. The molecular formula is C13H13NO2. The molecule has 82 valence electrons. The van der Waals surface area contributed by atoms with E-state index in [0.29, 0.717) is 5.69 Å². The minimum atomic E-state index is 0.242. The first kappa shape index (κ1) is 10.4. The molecule has 0 atom stereocenters. The topological polar surface area (TPSA) is 55.5 Å². The molecule has 0 amide bonds. The highest BCUT2D eigenvalue weighted by Crippen LogP contribution is 2.32. The van der Waals surface area contributed by atoms with Crippen LogP contribution in [0.4, 0.5) is 5.69 Å². The van der Waals surface area contributed by atoms with E-state index in [1.165, 1.54) is 0 Å². The molecule has 0 spiro atoms. The zero-order chi connectivity index (χ0) is 11.5. The molecule has 3 heteroatoms. The van der Waals surface area contributed by atoms with Crippen LogP contribution in [0, 0.1) is 0 Å². The van der Waals surface area contributed by atoms with Crippen LogP contribution in [0.3, 0.4) is 0 Å². The number of nitrogens with two attached hydrogens (primary N) is 1. The molecule has 2 aromatic carbocycles.